The SMILES string of the molecule is CNC(=O)C1COC2(CN(C(=O)N(C)C)C2)CN1C. The first kappa shape index (κ1) is 14.1. The van der Waals surface area contributed by atoms with Gasteiger partial charge in [0.25, 0.3) is 0 Å². The number of carbonyl (C=O) groups is 2. The molecule has 0 saturated carbocycles. The van der Waals surface area contributed by atoms with Gasteiger partial charge in [0.2, 0.25) is 5.91 Å². The maximum absolute atomic E-state index is 11.8. The molecule has 0 radical (unpaired) electrons. The van der Waals surface area contributed by atoms with E-state index in [1.807, 2.05) is 11.9 Å². The van der Waals surface area contributed by atoms with E-state index >= 15 is 0 Å². The standard InChI is InChI=1S/C12H22N4O3/c1-13-10(17)9-5-19-12(6-15(9)4)7-16(8-12)11(18)14(2)3/h9H,5-8H2,1-4H3,(H,13,17). The number of rotatable bonds is 1. The molecule has 19 heavy (non-hydrogen) atoms. The Morgan fingerprint density at radius 2 is 1.95 bits per heavy atom. The van der Waals surface area contributed by atoms with Crippen molar-refractivity contribution in [2.75, 3.05) is 54.4 Å². The Kier molecular flexibility index (Phi) is 3.69. The van der Waals surface area contributed by atoms with Crippen molar-refractivity contribution in [1.82, 2.24) is 20.0 Å². The molecule has 2 saturated heterocycles. The summed E-state index contributed by atoms with van der Waals surface area (Å²) in [6.07, 6.45) is 0. The molecule has 1 N–H and O–H groups in total. The molecule has 1 unspecified atom stereocenters. The maximum Gasteiger partial charge on any atom is 0.319 e. The van der Waals surface area contributed by atoms with E-state index in [0.29, 0.717) is 26.2 Å². The van der Waals surface area contributed by atoms with Crippen LogP contribution in [0.2, 0.25) is 0 Å². The quantitative estimate of drug-likeness (QED) is 0.650. The number of nitrogens with one attached hydrogen (secondary N) is 1. The van der Waals surface area contributed by atoms with Gasteiger partial charge in [-0.2, -0.15) is 0 Å². The van der Waals surface area contributed by atoms with Gasteiger partial charge in [-0.25, -0.2) is 4.79 Å². The van der Waals surface area contributed by atoms with Gasteiger partial charge < -0.3 is 19.9 Å². The Balaban J connectivity index is 1.90. The van der Waals surface area contributed by atoms with Crippen LogP contribution >= 0.6 is 0 Å². The summed E-state index contributed by atoms with van der Waals surface area (Å²) >= 11 is 0. The molecule has 2 aliphatic heterocycles. The number of hydrogen-bond acceptors (Lipinski definition) is 4. The van der Waals surface area contributed by atoms with Crippen molar-refractivity contribution in [3.8, 4) is 0 Å². The molecule has 1 spiro atoms. The number of morpholine rings is 1. The molecule has 2 heterocycles. The highest BCUT2D eigenvalue weighted by atomic mass is 16.5. The fourth-order valence-electron chi connectivity index (χ4n) is 2.69. The van der Waals surface area contributed by atoms with Gasteiger partial charge >= 0.3 is 6.03 Å². The number of amides is 3. The molecule has 7 nitrogen and oxygen atoms in total. The first-order valence-corrected chi connectivity index (χ1v) is 6.40. The highest BCUT2D eigenvalue weighted by molar-refractivity contribution is 5.81. The molecule has 108 valence electrons. The fourth-order valence-corrected chi connectivity index (χ4v) is 2.69. The highest BCUT2D eigenvalue weighted by Gasteiger charge is 2.51. The van der Waals surface area contributed by atoms with Crippen molar-refractivity contribution >= 4 is 11.9 Å². The van der Waals surface area contributed by atoms with Gasteiger partial charge in [0.05, 0.1) is 19.7 Å². The number of hydrogen-bond donors (Lipinski definition) is 1. The van der Waals surface area contributed by atoms with Crippen LogP contribution in [0.25, 0.3) is 0 Å². The lowest BCUT2D eigenvalue weighted by Crippen LogP contribution is -2.73. The van der Waals surface area contributed by atoms with Gasteiger partial charge in [0.15, 0.2) is 0 Å². The summed E-state index contributed by atoms with van der Waals surface area (Å²) in [4.78, 5) is 28.7. The minimum atomic E-state index is -0.301. The third-order valence-corrected chi connectivity index (χ3v) is 3.78. The second-order valence-corrected chi connectivity index (χ2v) is 5.57. The van der Waals surface area contributed by atoms with E-state index in [1.54, 1.807) is 30.9 Å². The number of nitrogens with zero attached hydrogens (tertiary/aromatic N) is 3. The highest BCUT2D eigenvalue weighted by Crippen LogP contribution is 2.30. The number of ether oxygens (including phenoxy) is 1. The van der Waals surface area contributed by atoms with Crippen LogP contribution in [0.3, 0.4) is 0 Å². The van der Waals surface area contributed by atoms with Crippen molar-refractivity contribution in [1.29, 1.82) is 0 Å². The van der Waals surface area contributed by atoms with Crippen LogP contribution < -0.4 is 5.32 Å². The van der Waals surface area contributed by atoms with Crippen LogP contribution in [0.4, 0.5) is 4.79 Å². The first-order valence-electron chi connectivity index (χ1n) is 6.40. The third-order valence-electron chi connectivity index (χ3n) is 3.78. The second-order valence-electron chi connectivity index (χ2n) is 5.57. The molecule has 0 aromatic rings. The normalized spacial score (nSPS) is 25.9. The Morgan fingerprint density at radius 1 is 1.32 bits per heavy atom. The summed E-state index contributed by atoms with van der Waals surface area (Å²) in [6.45, 7) is 2.23. The summed E-state index contributed by atoms with van der Waals surface area (Å²) in [5.74, 6) is -0.0297. The van der Waals surface area contributed by atoms with Crippen LogP contribution in [0.1, 0.15) is 0 Å². The predicted octanol–water partition coefficient (Wildman–Crippen LogP) is -1.20. The summed E-state index contributed by atoms with van der Waals surface area (Å²) < 4.78 is 5.85. The Hall–Kier alpha value is -1.34. The molecule has 2 aliphatic rings. The minimum Gasteiger partial charge on any atom is -0.368 e. The largest absolute Gasteiger partial charge is 0.368 e. The molecular formula is C12H22N4O3. The van der Waals surface area contributed by atoms with Gasteiger partial charge in [-0.3, -0.25) is 9.69 Å². The van der Waals surface area contributed by atoms with E-state index in [1.165, 1.54) is 0 Å². The molecule has 0 bridgehead atoms. The predicted molar refractivity (Wildman–Crippen MR) is 69.8 cm³/mol. The van der Waals surface area contributed by atoms with Gasteiger partial charge in [0, 0.05) is 27.7 Å². The molecule has 0 aromatic heterocycles. The zero-order valence-corrected chi connectivity index (χ0v) is 12.0. The van der Waals surface area contributed by atoms with Crippen LogP contribution in [0, 0.1) is 0 Å². The maximum atomic E-state index is 11.8. The van der Waals surface area contributed by atoms with Crippen LogP contribution in [0.15, 0.2) is 0 Å². The van der Waals surface area contributed by atoms with Crippen molar-refractivity contribution in [2.24, 2.45) is 0 Å². The summed E-state index contributed by atoms with van der Waals surface area (Å²) in [5.41, 5.74) is -0.301. The number of likely N-dealkylation sites (tertiary alicyclic amines) is 1. The smallest absolute Gasteiger partial charge is 0.319 e. The zero-order chi connectivity index (χ0) is 14.2. The van der Waals surface area contributed by atoms with Gasteiger partial charge in [0.1, 0.15) is 11.6 Å². The van der Waals surface area contributed by atoms with E-state index in [2.05, 4.69) is 5.32 Å². The van der Waals surface area contributed by atoms with Gasteiger partial charge in [-0.1, -0.05) is 0 Å². The molecule has 0 aliphatic carbocycles. The lowest BCUT2D eigenvalue weighted by Gasteiger charge is -2.54. The van der Waals surface area contributed by atoms with E-state index in [9.17, 15) is 9.59 Å². The van der Waals surface area contributed by atoms with Crippen LogP contribution in [0.5, 0.6) is 0 Å². The average Bonchev–Trinajstić information content (AvgIpc) is 2.33. The van der Waals surface area contributed by atoms with Gasteiger partial charge in [-0.05, 0) is 7.05 Å². The number of urea groups is 1. The lowest BCUT2D eigenvalue weighted by molar-refractivity contribution is -0.187. The minimum absolute atomic E-state index is 0.00491. The molecular weight excluding hydrogens is 248 g/mol. The zero-order valence-electron chi connectivity index (χ0n) is 12.0. The van der Waals surface area contributed by atoms with E-state index in [4.69, 9.17) is 4.74 Å². The Morgan fingerprint density at radius 3 is 2.42 bits per heavy atom. The molecule has 7 heteroatoms. The van der Waals surface area contributed by atoms with E-state index in [0.717, 1.165) is 0 Å². The first-order chi connectivity index (χ1) is 8.88. The molecule has 2 rings (SSSR count). The topological polar surface area (TPSA) is 65.1 Å². The fraction of sp³-hybridized carbons (Fsp3) is 0.833. The number of carbonyl (C=O) groups excluding carboxylic acids is 2. The van der Waals surface area contributed by atoms with Crippen molar-refractivity contribution in [3.05, 3.63) is 0 Å². The number of likely N-dealkylation sites (N-methyl/N-ethyl adjacent to an activating group) is 2. The monoisotopic (exact) mass is 270 g/mol. The lowest BCUT2D eigenvalue weighted by atomic mass is 9.91. The molecule has 0 aromatic carbocycles. The Bertz CT molecular complexity index is 379. The Labute approximate surface area is 113 Å². The molecule has 1 atom stereocenters. The van der Waals surface area contributed by atoms with Crippen molar-refractivity contribution < 1.29 is 14.3 Å². The summed E-state index contributed by atoms with van der Waals surface area (Å²) in [5, 5.41) is 2.64. The van der Waals surface area contributed by atoms with Crippen LogP contribution in [-0.4, -0.2) is 92.7 Å². The van der Waals surface area contributed by atoms with Crippen LogP contribution in [-0.2, 0) is 9.53 Å². The summed E-state index contributed by atoms with van der Waals surface area (Å²) in [6, 6.07) is -0.237. The molecule has 2 fully saturated rings. The van der Waals surface area contributed by atoms with Crippen molar-refractivity contribution in [3.63, 3.8) is 0 Å². The van der Waals surface area contributed by atoms with Gasteiger partial charge in [-0.15, -0.1) is 0 Å². The van der Waals surface area contributed by atoms with E-state index in [-0.39, 0.29) is 23.6 Å². The third kappa shape index (κ3) is 2.52. The summed E-state index contributed by atoms with van der Waals surface area (Å²) in [7, 11) is 7.02. The van der Waals surface area contributed by atoms with Crippen molar-refractivity contribution in [2.45, 2.75) is 11.6 Å². The second kappa shape index (κ2) is 4.97. The molecule has 3 amide bonds. The van der Waals surface area contributed by atoms with E-state index < -0.39 is 0 Å². The average molecular weight is 270 g/mol.